The van der Waals surface area contributed by atoms with Gasteiger partial charge in [-0.1, -0.05) is 51.0 Å². The summed E-state index contributed by atoms with van der Waals surface area (Å²) in [6, 6.07) is 9.90. The van der Waals surface area contributed by atoms with Crippen LogP contribution in [0.1, 0.15) is 56.7 Å². The predicted molar refractivity (Wildman–Crippen MR) is 85.7 cm³/mol. The van der Waals surface area contributed by atoms with Crippen LogP contribution in [-0.2, 0) is 6.42 Å². The van der Waals surface area contributed by atoms with Gasteiger partial charge in [0.15, 0.2) is 0 Å². The quantitative estimate of drug-likeness (QED) is 0.826. The summed E-state index contributed by atoms with van der Waals surface area (Å²) >= 11 is 0. The maximum absolute atomic E-state index is 3.62. The average molecular weight is 271 g/mol. The van der Waals surface area contributed by atoms with E-state index in [-0.39, 0.29) is 0 Å². The van der Waals surface area contributed by atoms with Gasteiger partial charge in [0.2, 0.25) is 0 Å². The van der Waals surface area contributed by atoms with Crippen molar-refractivity contribution in [3.8, 4) is 0 Å². The van der Waals surface area contributed by atoms with Crippen LogP contribution in [0.2, 0.25) is 0 Å². The largest absolute Gasteiger partial charge is 0.313 e. The summed E-state index contributed by atoms with van der Waals surface area (Å²) in [4.78, 5) is 0. The van der Waals surface area contributed by atoms with E-state index in [9.17, 15) is 0 Å². The van der Waals surface area contributed by atoms with Gasteiger partial charge in [0, 0.05) is 6.04 Å². The molecule has 0 aliphatic heterocycles. The van der Waals surface area contributed by atoms with E-state index in [1.165, 1.54) is 43.2 Å². The molecular formula is C19H29N. The van der Waals surface area contributed by atoms with Crippen molar-refractivity contribution in [3.05, 3.63) is 35.4 Å². The number of fused-ring (bicyclic) bond motifs is 1. The Bertz CT molecular complexity index is 439. The summed E-state index contributed by atoms with van der Waals surface area (Å²) in [5.74, 6) is 3.66. The van der Waals surface area contributed by atoms with Gasteiger partial charge in [-0.2, -0.15) is 0 Å². The van der Waals surface area contributed by atoms with Crippen molar-refractivity contribution in [2.45, 2.75) is 52.0 Å². The van der Waals surface area contributed by atoms with E-state index in [2.05, 4.69) is 50.5 Å². The molecule has 1 aromatic carbocycles. The molecule has 1 nitrogen and oxygen atoms in total. The van der Waals surface area contributed by atoms with Crippen molar-refractivity contribution in [1.82, 2.24) is 5.32 Å². The number of hydrogen-bond acceptors (Lipinski definition) is 1. The Morgan fingerprint density at radius 2 is 1.85 bits per heavy atom. The van der Waals surface area contributed by atoms with Crippen LogP contribution < -0.4 is 5.32 Å². The summed E-state index contributed by atoms with van der Waals surface area (Å²) < 4.78 is 0. The van der Waals surface area contributed by atoms with Crippen LogP contribution >= 0.6 is 0 Å². The molecule has 1 heteroatoms. The van der Waals surface area contributed by atoms with Gasteiger partial charge in [0.1, 0.15) is 0 Å². The van der Waals surface area contributed by atoms with Crippen LogP contribution in [0, 0.1) is 23.7 Å². The third-order valence-corrected chi connectivity index (χ3v) is 5.37. The Balaban J connectivity index is 1.76. The SMILES string of the molecule is CNC(c1cccc(CC(C)C)c1)C1C2CCCCC21. The highest BCUT2D eigenvalue weighted by Gasteiger charge is 2.53. The zero-order chi connectivity index (χ0) is 14.1. The first kappa shape index (κ1) is 14.1. The minimum Gasteiger partial charge on any atom is -0.313 e. The lowest BCUT2D eigenvalue weighted by Crippen LogP contribution is -2.20. The van der Waals surface area contributed by atoms with Crippen molar-refractivity contribution in [1.29, 1.82) is 0 Å². The third kappa shape index (κ3) is 2.79. The molecule has 3 atom stereocenters. The third-order valence-electron chi connectivity index (χ3n) is 5.37. The standard InChI is InChI=1S/C19H29N/c1-13(2)11-14-7-6-8-15(12-14)19(20-3)18-16-9-4-5-10-17(16)18/h6-8,12-13,16-20H,4-5,9-11H2,1-3H3. The predicted octanol–water partition coefficient (Wildman–Crippen LogP) is 4.58. The molecule has 2 fully saturated rings. The van der Waals surface area contributed by atoms with Crippen molar-refractivity contribution in [2.75, 3.05) is 7.05 Å². The molecule has 1 aromatic rings. The van der Waals surface area contributed by atoms with E-state index in [1.807, 2.05) is 0 Å². The Kier molecular flexibility index (Phi) is 4.16. The molecule has 3 rings (SSSR count). The van der Waals surface area contributed by atoms with E-state index in [0.717, 1.165) is 23.7 Å². The molecule has 1 N–H and O–H groups in total. The van der Waals surface area contributed by atoms with Gasteiger partial charge in [-0.05, 0) is 61.1 Å². The monoisotopic (exact) mass is 271 g/mol. The summed E-state index contributed by atoms with van der Waals surface area (Å²) in [5.41, 5.74) is 3.02. The Morgan fingerprint density at radius 3 is 2.45 bits per heavy atom. The maximum Gasteiger partial charge on any atom is 0.0351 e. The van der Waals surface area contributed by atoms with Crippen molar-refractivity contribution >= 4 is 0 Å². The lowest BCUT2D eigenvalue weighted by Gasteiger charge is -2.18. The summed E-state index contributed by atoms with van der Waals surface area (Å²) in [5, 5.41) is 3.62. The normalized spacial score (nSPS) is 30.1. The molecule has 3 unspecified atom stereocenters. The van der Waals surface area contributed by atoms with Crippen LogP contribution in [0.25, 0.3) is 0 Å². The van der Waals surface area contributed by atoms with Gasteiger partial charge < -0.3 is 5.32 Å². The zero-order valence-electron chi connectivity index (χ0n) is 13.2. The van der Waals surface area contributed by atoms with Crippen LogP contribution in [0.15, 0.2) is 24.3 Å². The first-order valence-electron chi connectivity index (χ1n) is 8.47. The molecule has 20 heavy (non-hydrogen) atoms. The van der Waals surface area contributed by atoms with Crippen LogP contribution in [0.3, 0.4) is 0 Å². The molecule has 2 aliphatic carbocycles. The van der Waals surface area contributed by atoms with Gasteiger partial charge in [0.05, 0.1) is 0 Å². The van der Waals surface area contributed by atoms with Gasteiger partial charge >= 0.3 is 0 Å². The van der Waals surface area contributed by atoms with Gasteiger partial charge in [0.25, 0.3) is 0 Å². The van der Waals surface area contributed by atoms with Crippen LogP contribution in [-0.4, -0.2) is 7.05 Å². The van der Waals surface area contributed by atoms with E-state index in [4.69, 9.17) is 0 Å². The van der Waals surface area contributed by atoms with Crippen molar-refractivity contribution in [3.63, 3.8) is 0 Å². The number of nitrogens with one attached hydrogen (secondary N) is 1. The topological polar surface area (TPSA) is 12.0 Å². The summed E-state index contributed by atoms with van der Waals surface area (Å²) in [6.07, 6.45) is 7.06. The average Bonchev–Trinajstić information content (AvgIpc) is 3.14. The number of rotatable bonds is 5. The molecule has 2 aliphatic rings. The van der Waals surface area contributed by atoms with Crippen molar-refractivity contribution < 1.29 is 0 Å². The second-order valence-corrected chi connectivity index (χ2v) is 7.30. The summed E-state index contributed by atoms with van der Waals surface area (Å²) in [6.45, 7) is 4.61. The van der Waals surface area contributed by atoms with Crippen molar-refractivity contribution in [2.24, 2.45) is 23.7 Å². The molecule has 0 bridgehead atoms. The fourth-order valence-electron chi connectivity index (χ4n) is 4.51. The lowest BCUT2D eigenvalue weighted by atomic mass is 9.95. The Morgan fingerprint density at radius 1 is 1.15 bits per heavy atom. The highest BCUT2D eigenvalue weighted by molar-refractivity contribution is 5.29. The lowest BCUT2D eigenvalue weighted by molar-refractivity contribution is 0.480. The van der Waals surface area contributed by atoms with Crippen LogP contribution in [0.5, 0.6) is 0 Å². The van der Waals surface area contributed by atoms with Gasteiger partial charge in [-0.25, -0.2) is 0 Å². The molecule has 0 radical (unpaired) electrons. The summed E-state index contributed by atoms with van der Waals surface area (Å²) in [7, 11) is 2.14. The van der Waals surface area contributed by atoms with Gasteiger partial charge in [-0.3, -0.25) is 0 Å². The fraction of sp³-hybridized carbons (Fsp3) is 0.684. The second-order valence-electron chi connectivity index (χ2n) is 7.30. The van der Waals surface area contributed by atoms with Crippen LogP contribution in [0.4, 0.5) is 0 Å². The fourth-order valence-corrected chi connectivity index (χ4v) is 4.51. The minimum atomic E-state index is 0.579. The molecule has 0 aromatic heterocycles. The molecule has 0 saturated heterocycles. The highest BCUT2D eigenvalue weighted by Crippen LogP contribution is 2.60. The Hall–Kier alpha value is -0.820. The second kappa shape index (κ2) is 5.89. The zero-order valence-corrected chi connectivity index (χ0v) is 13.2. The van der Waals surface area contributed by atoms with E-state index in [1.54, 1.807) is 0 Å². The molecule has 110 valence electrons. The first-order valence-corrected chi connectivity index (χ1v) is 8.47. The molecule has 0 spiro atoms. The first-order chi connectivity index (χ1) is 9.70. The number of hydrogen-bond donors (Lipinski definition) is 1. The van der Waals surface area contributed by atoms with E-state index in [0.29, 0.717) is 6.04 Å². The van der Waals surface area contributed by atoms with E-state index < -0.39 is 0 Å². The molecule has 2 saturated carbocycles. The maximum atomic E-state index is 3.62. The van der Waals surface area contributed by atoms with Gasteiger partial charge in [-0.15, -0.1) is 0 Å². The smallest absolute Gasteiger partial charge is 0.0351 e. The molecule has 0 heterocycles. The molecule has 0 amide bonds. The molecular weight excluding hydrogens is 242 g/mol. The highest BCUT2D eigenvalue weighted by atomic mass is 14.9. The number of benzene rings is 1. The van der Waals surface area contributed by atoms with E-state index >= 15 is 0 Å². The minimum absolute atomic E-state index is 0.579. The Labute approximate surface area is 124 Å².